The summed E-state index contributed by atoms with van der Waals surface area (Å²) < 4.78 is 35.0. The van der Waals surface area contributed by atoms with Crippen molar-refractivity contribution in [2.75, 3.05) is 36.5 Å². The molecule has 2 fully saturated rings. The van der Waals surface area contributed by atoms with Crippen molar-refractivity contribution in [3.63, 3.8) is 0 Å². The van der Waals surface area contributed by atoms with Crippen LogP contribution in [0, 0.1) is 11.7 Å². The van der Waals surface area contributed by atoms with Crippen molar-refractivity contribution in [1.29, 1.82) is 0 Å². The van der Waals surface area contributed by atoms with Crippen LogP contribution >= 0.6 is 0 Å². The zero-order valence-electron chi connectivity index (χ0n) is 40.9. The number of morpholine rings is 1. The summed E-state index contributed by atoms with van der Waals surface area (Å²) in [6, 6.07) is 45.4. The molecule has 1 saturated heterocycles. The Morgan fingerprint density at radius 3 is 2.10 bits per heavy atom. The van der Waals surface area contributed by atoms with Crippen molar-refractivity contribution in [1.82, 2.24) is 0 Å². The zero-order chi connectivity index (χ0) is 48.7. The van der Waals surface area contributed by atoms with Crippen LogP contribution in [0.4, 0.5) is 15.8 Å². The normalized spacial score (nSPS) is 20.2. The van der Waals surface area contributed by atoms with Gasteiger partial charge in [0, 0.05) is 63.1 Å². The third-order valence-electron chi connectivity index (χ3n) is 15.5. The molecule has 4 aliphatic rings. The Bertz CT molecular complexity index is 3130. The van der Waals surface area contributed by atoms with Gasteiger partial charge in [0.25, 0.3) is 5.91 Å². The number of benzene rings is 7. The quantitative estimate of drug-likeness (QED) is 0.0971. The van der Waals surface area contributed by atoms with Gasteiger partial charge in [-0.3, -0.25) is 4.79 Å². The van der Waals surface area contributed by atoms with Crippen LogP contribution in [-0.2, 0) is 20.7 Å². The highest BCUT2D eigenvalue weighted by Gasteiger charge is 2.47. The number of anilines is 2. The van der Waals surface area contributed by atoms with Gasteiger partial charge in [0.2, 0.25) is 0 Å². The van der Waals surface area contributed by atoms with Crippen LogP contribution in [0.2, 0.25) is 0 Å². The molecule has 0 spiro atoms. The predicted molar refractivity (Wildman–Crippen MR) is 283 cm³/mol. The van der Waals surface area contributed by atoms with Crippen molar-refractivity contribution in [2.45, 2.75) is 89.3 Å². The Hall–Kier alpha value is -7.03. The van der Waals surface area contributed by atoms with Gasteiger partial charge in [0.1, 0.15) is 17.2 Å². The van der Waals surface area contributed by atoms with Gasteiger partial charge in [-0.2, -0.15) is 0 Å². The maximum atomic E-state index is 16.1. The highest BCUT2D eigenvalue weighted by atomic mass is 19.1. The molecule has 7 aromatic carbocycles. The maximum Gasteiger partial charge on any atom is 0.340 e. The first-order chi connectivity index (χ1) is 34.6. The number of fused-ring (bicyclic) bond motifs is 6. The van der Waals surface area contributed by atoms with Gasteiger partial charge in [-0.15, -0.1) is 0 Å². The van der Waals surface area contributed by atoms with Crippen LogP contribution in [0.25, 0.3) is 39.1 Å². The summed E-state index contributed by atoms with van der Waals surface area (Å²) in [5.41, 5.74) is 8.56. The van der Waals surface area contributed by atoms with E-state index in [0.717, 1.165) is 63.6 Å². The van der Waals surface area contributed by atoms with E-state index in [0.29, 0.717) is 58.0 Å². The molecular weight excluding hydrogens is 884 g/mol. The second-order valence-electron chi connectivity index (χ2n) is 20.4. The fourth-order valence-electron chi connectivity index (χ4n) is 11.6. The summed E-state index contributed by atoms with van der Waals surface area (Å²) in [5.74, 6) is 1.12. The lowest BCUT2D eigenvalue weighted by atomic mass is 9.77. The lowest BCUT2D eigenvalue weighted by Crippen LogP contribution is -2.37. The molecule has 7 aromatic rings. The molecule has 3 heterocycles. The number of hydrogen-bond donors (Lipinski definition) is 1. The summed E-state index contributed by atoms with van der Waals surface area (Å²) in [7, 11) is 0. The van der Waals surface area contributed by atoms with Gasteiger partial charge in [0.05, 0.1) is 18.8 Å². The average Bonchev–Trinajstić information content (AvgIpc) is 3.66. The monoisotopic (exact) mass is 944 g/mol. The number of carbonyl (C=O) groups excluding carboxylic acids is 2. The van der Waals surface area contributed by atoms with Crippen LogP contribution in [-0.4, -0.2) is 38.2 Å². The van der Waals surface area contributed by atoms with Gasteiger partial charge >= 0.3 is 5.97 Å². The number of carbonyl (C=O) groups is 2. The third-order valence-corrected chi connectivity index (χ3v) is 15.5. The van der Waals surface area contributed by atoms with Gasteiger partial charge in [0.15, 0.2) is 5.60 Å². The lowest BCUT2D eigenvalue weighted by Gasteiger charge is -2.38. The molecule has 0 aromatic heterocycles. The highest BCUT2D eigenvalue weighted by Crippen LogP contribution is 2.53. The molecule has 1 unspecified atom stereocenters. The van der Waals surface area contributed by atoms with Gasteiger partial charge in [-0.25, -0.2) is 9.18 Å². The number of hydrogen-bond acceptors (Lipinski definition) is 6. The summed E-state index contributed by atoms with van der Waals surface area (Å²) in [6.07, 6.45) is 14.6. The molecule has 7 nitrogen and oxygen atoms in total. The van der Waals surface area contributed by atoms with E-state index in [9.17, 15) is 9.59 Å². The van der Waals surface area contributed by atoms with Crippen LogP contribution in [0.5, 0.6) is 5.75 Å². The summed E-state index contributed by atoms with van der Waals surface area (Å²) >= 11 is 0. The second kappa shape index (κ2) is 19.3. The van der Waals surface area contributed by atoms with Crippen molar-refractivity contribution in [3.05, 3.63) is 190 Å². The zero-order valence-corrected chi connectivity index (χ0v) is 40.9. The number of esters is 1. The van der Waals surface area contributed by atoms with Crippen molar-refractivity contribution in [2.24, 2.45) is 5.92 Å². The smallest absolute Gasteiger partial charge is 0.340 e. The highest BCUT2D eigenvalue weighted by molar-refractivity contribution is 6.13. The standard InChI is InChI=1S/C63H61FN2O5/c1-4-5-6-9-41-12-14-42(15-13-41)43-16-18-44(19-17-43)45-20-22-47(23-21-45)60(67)65-50-29-24-46(25-30-50)48-26-33-52-54(40-48)57-58(62(2,3)71-61(57)68)53-34-35-63(70-59(52)53,55-10-7-8-11-56(55)64)49-27-31-51(32-28-49)66-36-38-69-39-37-66/h7-8,10-11,16-35,40-42H,4-6,9,12-15,36-39H2,1-3H3,(H,65,67). The molecular formula is C63H61FN2O5. The summed E-state index contributed by atoms with van der Waals surface area (Å²) in [4.78, 5) is 29.7. The first kappa shape index (κ1) is 46.4. The lowest BCUT2D eigenvalue weighted by molar-refractivity contribution is 0.00939. The minimum atomic E-state index is -1.32. The van der Waals surface area contributed by atoms with Gasteiger partial charge in [-0.05, 0) is 140 Å². The first-order valence-corrected chi connectivity index (χ1v) is 25.6. The summed E-state index contributed by atoms with van der Waals surface area (Å²) in [6.45, 7) is 8.99. The van der Waals surface area contributed by atoms with Crippen LogP contribution < -0.4 is 15.0 Å². The van der Waals surface area contributed by atoms with Crippen molar-refractivity contribution < 1.29 is 28.2 Å². The molecule has 0 radical (unpaired) electrons. The number of cyclic esters (lactones) is 1. The van der Waals surface area contributed by atoms with Gasteiger partial charge in [-0.1, -0.05) is 124 Å². The molecule has 71 heavy (non-hydrogen) atoms. The Morgan fingerprint density at radius 2 is 1.39 bits per heavy atom. The number of nitrogens with zero attached hydrogens (tertiary/aromatic N) is 1. The fraction of sp³-hybridized carbons (Fsp3) is 0.302. The van der Waals surface area contributed by atoms with E-state index in [2.05, 4.69) is 53.5 Å². The average molecular weight is 945 g/mol. The molecule has 11 rings (SSSR count). The van der Waals surface area contributed by atoms with Gasteiger partial charge < -0.3 is 24.4 Å². The molecule has 0 bridgehead atoms. The number of nitrogens with one attached hydrogen (secondary N) is 1. The predicted octanol–water partition coefficient (Wildman–Crippen LogP) is 15.0. The van der Waals surface area contributed by atoms with E-state index in [1.807, 2.05) is 111 Å². The SMILES string of the molecule is CCCCCC1CCC(c2ccc(-c3ccc(C(=O)Nc4ccc(-c5ccc6c7c(c8c(c6c5)C(=O)OC8(C)C)C=CC(c5ccc(N6CCOCC6)cc5)(c5ccccc5F)O7)cc4)cc3)cc2)CC1. The van der Waals surface area contributed by atoms with Crippen LogP contribution in [0.15, 0.2) is 146 Å². The second-order valence-corrected chi connectivity index (χ2v) is 20.4. The van der Waals surface area contributed by atoms with Crippen LogP contribution in [0.1, 0.15) is 127 Å². The fourth-order valence-corrected chi connectivity index (χ4v) is 11.6. The number of unbranched alkanes of at least 4 members (excludes halogenated alkanes) is 2. The molecule has 1 N–H and O–H groups in total. The summed E-state index contributed by atoms with van der Waals surface area (Å²) in [5, 5.41) is 4.46. The Kier molecular flexibility index (Phi) is 12.6. The minimum Gasteiger partial charge on any atom is -0.472 e. The van der Waals surface area contributed by atoms with E-state index < -0.39 is 23.0 Å². The van der Waals surface area contributed by atoms with E-state index in [1.165, 1.54) is 63.0 Å². The minimum absolute atomic E-state index is 0.189. The van der Waals surface area contributed by atoms with E-state index in [4.69, 9.17) is 14.2 Å². The van der Waals surface area contributed by atoms with Crippen molar-refractivity contribution in [3.8, 4) is 28.0 Å². The molecule has 1 saturated carbocycles. The topological polar surface area (TPSA) is 77.1 Å². The number of ether oxygens (including phenoxy) is 3. The van der Waals surface area contributed by atoms with Crippen LogP contribution in [0.3, 0.4) is 0 Å². The molecule has 3 aliphatic heterocycles. The Balaban J connectivity index is 0.833. The van der Waals surface area contributed by atoms with E-state index >= 15 is 4.39 Å². The molecule has 1 amide bonds. The molecule has 1 atom stereocenters. The Labute approximate surface area is 416 Å². The third kappa shape index (κ3) is 8.92. The van der Waals surface area contributed by atoms with E-state index in [1.54, 1.807) is 12.1 Å². The first-order valence-electron chi connectivity index (χ1n) is 25.6. The van der Waals surface area contributed by atoms with E-state index in [-0.39, 0.29) is 5.91 Å². The number of amides is 1. The molecule has 1 aliphatic carbocycles. The molecule has 8 heteroatoms. The number of rotatable bonds is 12. The van der Waals surface area contributed by atoms with Crippen molar-refractivity contribution >= 4 is 40.1 Å². The molecule has 360 valence electrons. The number of halogens is 1. The Morgan fingerprint density at radius 1 is 0.732 bits per heavy atom. The largest absolute Gasteiger partial charge is 0.472 e. The maximum absolute atomic E-state index is 16.1.